The highest BCUT2D eigenvalue weighted by molar-refractivity contribution is 7.96. The summed E-state index contributed by atoms with van der Waals surface area (Å²) in [6.07, 6.45) is 0. The first kappa shape index (κ1) is 47.0. The first-order chi connectivity index (χ1) is 32.8. The van der Waals surface area contributed by atoms with Crippen LogP contribution in [0.25, 0.3) is 0 Å². The molecule has 0 atom stereocenters. The van der Waals surface area contributed by atoms with Gasteiger partial charge >= 0.3 is 0 Å². The average Bonchev–Trinajstić information content (AvgIpc) is 3.36. The average molecular weight is 963 g/mol. The Morgan fingerprint density at radius 1 is 0.206 bits per heavy atom. The molecule has 68 heavy (non-hydrogen) atoms. The zero-order chi connectivity index (χ0) is 47.8. The lowest BCUT2D eigenvalue weighted by atomic mass is 10.2. The zero-order valence-electron chi connectivity index (χ0n) is 39.2. The molecule has 0 saturated carbocycles. The van der Waals surface area contributed by atoms with Crippen LogP contribution in [-0.2, 0) is 18.3 Å². The van der Waals surface area contributed by atoms with E-state index in [0.717, 1.165) is 33.4 Å². The molecular formula is C60H54O4P4. The van der Waals surface area contributed by atoms with E-state index >= 15 is 18.3 Å². The Bertz CT molecular complexity index is 3370. The summed E-state index contributed by atoms with van der Waals surface area (Å²) in [4.78, 5) is 0. The summed E-state index contributed by atoms with van der Waals surface area (Å²) < 4.78 is 72.3. The largest absolute Gasteiger partial charge is 0.309 e. The summed E-state index contributed by atoms with van der Waals surface area (Å²) in [5.41, 5.74) is 4.57. The van der Waals surface area contributed by atoms with Crippen molar-refractivity contribution in [3.05, 3.63) is 252 Å². The van der Waals surface area contributed by atoms with E-state index in [4.69, 9.17) is 0 Å². The van der Waals surface area contributed by atoms with Gasteiger partial charge in [-0.15, -0.1) is 0 Å². The molecule has 0 aromatic heterocycles. The fourth-order valence-electron chi connectivity index (χ4n) is 10.0. The molecule has 338 valence electrons. The fourth-order valence-corrected chi connectivity index (χ4v) is 25.3. The molecule has 9 aromatic carbocycles. The molecule has 0 saturated heterocycles. The number of aryl methyl sites for hydroxylation is 6. The molecule has 8 heteroatoms. The third kappa shape index (κ3) is 7.64. The SMILES string of the molecule is Cc1ccccc1P(=O)(c1ccccc1C)c1ccc(P(=O)(c2ccccc2)c2ccccc2)c(P(=O)(c2ccccc2C)c2ccccc2C)c1P(=O)(c1ccccc1C)c1ccccc1C. The van der Waals surface area contributed by atoms with Gasteiger partial charge < -0.3 is 18.3 Å². The summed E-state index contributed by atoms with van der Waals surface area (Å²) in [7, 11) is -17.1. The zero-order valence-corrected chi connectivity index (χ0v) is 42.8. The topological polar surface area (TPSA) is 68.3 Å². The summed E-state index contributed by atoms with van der Waals surface area (Å²) in [6, 6.07) is 68.4. The van der Waals surface area contributed by atoms with Gasteiger partial charge in [-0.2, -0.15) is 0 Å². The van der Waals surface area contributed by atoms with Crippen molar-refractivity contribution >= 4 is 92.2 Å². The highest BCUT2D eigenvalue weighted by Crippen LogP contribution is 2.56. The molecule has 0 fully saturated rings. The lowest BCUT2D eigenvalue weighted by Crippen LogP contribution is -2.54. The maximum atomic E-state index is 18.5. The van der Waals surface area contributed by atoms with Gasteiger partial charge in [-0.05, 0) is 87.1 Å². The number of hydrogen-bond donors (Lipinski definition) is 0. The Morgan fingerprint density at radius 2 is 0.412 bits per heavy atom. The molecule has 0 amide bonds. The molecular weight excluding hydrogens is 909 g/mol. The Kier molecular flexibility index (Phi) is 13.0. The van der Waals surface area contributed by atoms with Crippen LogP contribution in [0.4, 0.5) is 0 Å². The smallest absolute Gasteiger partial charge is 0.173 e. The van der Waals surface area contributed by atoms with E-state index in [0.29, 0.717) is 47.7 Å². The minimum atomic E-state index is -4.41. The van der Waals surface area contributed by atoms with E-state index in [1.54, 1.807) is 0 Å². The van der Waals surface area contributed by atoms with Crippen LogP contribution in [-0.4, -0.2) is 0 Å². The summed E-state index contributed by atoms with van der Waals surface area (Å²) >= 11 is 0. The van der Waals surface area contributed by atoms with Gasteiger partial charge in [0.2, 0.25) is 0 Å². The quantitative estimate of drug-likeness (QED) is 0.114. The van der Waals surface area contributed by atoms with Crippen LogP contribution in [0.1, 0.15) is 33.4 Å². The van der Waals surface area contributed by atoms with Crippen molar-refractivity contribution in [2.24, 2.45) is 0 Å². The van der Waals surface area contributed by atoms with E-state index in [9.17, 15) is 0 Å². The van der Waals surface area contributed by atoms with Crippen LogP contribution in [0.2, 0.25) is 0 Å². The van der Waals surface area contributed by atoms with Crippen LogP contribution in [0, 0.1) is 41.5 Å². The van der Waals surface area contributed by atoms with Gasteiger partial charge in [0.25, 0.3) is 0 Å². The van der Waals surface area contributed by atoms with Crippen LogP contribution in [0.15, 0.2) is 218 Å². The highest BCUT2D eigenvalue weighted by atomic mass is 31.2. The molecule has 0 radical (unpaired) electrons. The standard InChI is InChI=1S/C60H54O4P4/c1-43-25-13-19-35-51(43)66(62,52-36-20-14-26-44(52)2)58-42-41-57(65(61,49-31-9-7-10-32-49)50-33-11-8-12-34-50)59(67(63,53-37-21-15-27-45(53)3)54-38-22-16-28-46(54)4)60(58)68(64,55-39-23-17-29-47(55)5)56-40-24-18-30-48(56)6/h7-42H,1-6H3. The van der Waals surface area contributed by atoms with Gasteiger partial charge in [0.1, 0.15) is 0 Å². The van der Waals surface area contributed by atoms with Gasteiger partial charge in [0, 0.05) is 63.7 Å². The van der Waals surface area contributed by atoms with Gasteiger partial charge in [-0.3, -0.25) is 0 Å². The third-order valence-corrected chi connectivity index (χ3v) is 27.3. The molecule has 0 bridgehead atoms. The first-order valence-corrected chi connectivity index (χ1v) is 29.7. The molecule has 0 spiro atoms. The molecule has 0 aliphatic rings. The van der Waals surface area contributed by atoms with Crippen molar-refractivity contribution < 1.29 is 18.3 Å². The Labute approximate surface area is 401 Å². The summed E-state index contributed by atoms with van der Waals surface area (Å²) in [5.74, 6) is 0. The van der Waals surface area contributed by atoms with Gasteiger partial charge in [0.15, 0.2) is 28.6 Å². The summed E-state index contributed by atoms with van der Waals surface area (Å²) in [5, 5.41) is 5.23. The highest BCUT2D eigenvalue weighted by Gasteiger charge is 2.51. The predicted molar refractivity (Wildman–Crippen MR) is 292 cm³/mol. The van der Waals surface area contributed by atoms with E-state index in [2.05, 4.69) is 0 Å². The van der Waals surface area contributed by atoms with Crippen molar-refractivity contribution in [2.75, 3.05) is 0 Å². The number of benzene rings is 9. The van der Waals surface area contributed by atoms with Crippen LogP contribution >= 0.6 is 28.6 Å². The van der Waals surface area contributed by atoms with Gasteiger partial charge in [-0.25, -0.2) is 0 Å². The second-order valence-corrected chi connectivity index (χ2v) is 28.3. The molecule has 0 aliphatic carbocycles. The molecule has 0 N–H and O–H groups in total. The molecule has 4 nitrogen and oxygen atoms in total. The Hall–Kier alpha value is -6.10. The monoisotopic (exact) mass is 962 g/mol. The minimum absolute atomic E-state index is 0.187. The van der Waals surface area contributed by atoms with Crippen molar-refractivity contribution in [3.63, 3.8) is 0 Å². The molecule has 9 aromatic rings. The van der Waals surface area contributed by atoms with Crippen LogP contribution < -0.4 is 63.7 Å². The normalized spacial score (nSPS) is 12.2. The minimum Gasteiger partial charge on any atom is -0.309 e. The molecule has 0 aliphatic heterocycles. The second-order valence-electron chi connectivity index (χ2n) is 17.6. The first-order valence-electron chi connectivity index (χ1n) is 22.9. The van der Waals surface area contributed by atoms with Crippen LogP contribution in [0.5, 0.6) is 0 Å². The van der Waals surface area contributed by atoms with Crippen molar-refractivity contribution in [2.45, 2.75) is 41.5 Å². The fraction of sp³-hybridized carbons (Fsp3) is 0.100. The lowest BCUT2D eigenvalue weighted by Gasteiger charge is -2.37. The molecule has 0 unspecified atom stereocenters. The van der Waals surface area contributed by atoms with E-state index in [-0.39, 0.29) is 15.9 Å². The Balaban J connectivity index is 1.69. The van der Waals surface area contributed by atoms with Crippen molar-refractivity contribution in [1.29, 1.82) is 0 Å². The van der Waals surface area contributed by atoms with E-state index in [1.807, 2.05) is 260 Å². The Morgan fingerprint density at radius 3 is 0.662 bits per heavy atom. The van der Waals surface area contributed by atoms with Gasteiger partial charge in [0.05, 0.1) is 0 Å². The number of hydrogen-bond acceptors (Lipinski definition) is 4. The van der Waals surface area contributed by atoms with Crippen molar-refractivity contribution in [3.8, 4) is 0 Å². The van der Waals surface area contributed by atoms with E-state index < -0.39 is 28.6 Å². The van der Waals surface area contributed by atoms with E-state index in [1.165, 1.54) is 0 Å². The van der Waals surface area contributed by atoms with Crippen LogP contribution in [0.3, 0.4) is 0 Å². The lowest BCUT2D eigenvalue weighted by molar-refractivity contribution is 0.589. The molecule has 0 heterocycles. The third-order valence-electron chi connectivity index (χ3n) is 13.4. The maximum Gasteiger partial charge on any atom is 0.173 e. The maximum absolute atomic E-state index is 18.5. The molecule has 9 rings (SSSR count). The summed E-state index contributed by atoms with van der Waals surface area (Å²) in [6.45, 7) is 11.7. The van der Waals surface area contributed by atoms with Crippen molar-refractivity contribution in [1.82, 2.24) is 0 Å². The second kappa shape index (κ2) is 18.8. The van der Waals surface area contributed by atoms with Gasteiger partial charge in [-0.1, -0.05) is 206 Å². The number of rotatable bonds is 12. The predicted octanol–water partition coefficient (Wildman–Crippen LogP) is 10.1.